The Balaban J connectivity index is 4.11. The molecule has 0 radical (unpaired) electrons. The van der Waals surface area contributed by atoms with Gasteiger partial charge in [-0.05, 0) is 13.3 Å². The molecule has 0 bridgehead atoms. The number of alkyl halides is 5. The van der Waals surface area contributed by atoms with Crippen molar-refractivity contribution in [2.45, 2.75) is 38.5 Å². The first-order valence-electron chi connectivity index (χ1n) is 4.38. The van der Waals surface area contributed by atoms with E-state index in [0.29, 0.717) is 6.42 Å². The number of hydrogen-bond donors (Lipinski definition) is 0. The topological polar surface area (TPSA) is 35.5 Å². The summed E-state index contributed by atoms with van der Waals surface area (Å²) in [6.07, 6.45) is -7.50. The van der Waals surface area contributed by atoms with Crippen molar-refractivity contribution >= 4 is 6.16 Å². The van der Waals surface area contributed by atoms with Crippen LogP contribution in [0.3, 0.4) is 0 Å². The van der Waals surface area contributed by atoms with Gasteiger partial charge >= 0.3 is 18.3 Å². The lowest BCUT2D eigenvalue weighted by atomic mass is 10.3. The number of carbonyl (C=O) groups excluding carboxylic acids is 1. The van der Waals surface area contributed by atoms with E-state index in [0.717, 1.165) is 0 Å². The molecular weight excluding hydrogens is 239 g/mol. The van der Waals surface area contributed by atoms with Crippen molar-refractivity contribution < 1.29 is 36.2 Å². The molecule has 0 N–H and O–H groups in total. The van der Waals surface area contributed by atoms with Gasteiger partial charge in [-0.2, -0.15) is 22.0 Å². The number of hydrogen-bond acceptors (Lipinski definition) is 3. The lowest BCUT2D eigenvalue weighted by Crippen LogP contribution is -2.41. The van der Waals surface area contributed by atoms with Crippen LogP contribution >= 0.6 is 0 Å². The summed E-state index contributed by atoms with van der Waals surface area (Å²) in [7, 11) is 0. The van der Waals surface area contributed by atoms with Gasteiger partial charge in [0.1, 0.15) is 6.10 Å². The van der Waals surface area contributed by atoms with Crippen molar-refractivity contribution in [2.24, 2.45) is 0 Å². The van der Waals surface area contributed by atoms with Crippen LogP contribution in [0, 0.1) is 0 Å². The van der Waals surface area contributed by atoms with Gasteiger partial charge in [-0.25, -0.2) is 4.79 Å². The van der Waals surface area contributed by atoms with Gasteiger partial charge in [-0.15, -0.1) is 0 Å². The minimum absolute atomic E-state index is 0.394. The van der Waals surface area contributed by atoms with E-state index in [1.54, 1.807) is 6.92 Å². The van der Waals surface area contributed by atoms with Gasteiger partial charge in [-0.1, -0.05) is 6.92 Å². The summed E-state index contributed by atoms with van der Waals surface area (Å²) in [6.45, 7) is 1.01. The standard InChI is InChI=1S/C8H11F5O3/c1-3-5(2)16-6(14)15-4-7(9,10)8(11,12)13/h5H,3-4H2,1-2H3/t5-/m0/s1. The van der Waals surface area contributed by atoms with E-state index in [1.165, 1.54) is 6.92 Å². The molecule has 3 nitrogen and oxygen atoms in total. The zero-order valence-corrected chi connectivity index (χ0v) is 8.61. The Kier molecular flexibility index (Phi) is 4.95. The number of ether oxygens (including phenoxy) is 2. The van der Waals surface area contributed by atoms with Crippen molar-refractivity contribution in [2.75, 3.05) is 6.61 Å². The molecule has 0 amide bonds. The second-order valence-electron chi connectivity index (χ2n) is 3.08. The molecule has 0 aromatic heterocycles. The lowest BCUT2D eigenvalue weighted by molar-refractivity contribution is -0.293. The highest BCUT2D eigenvalue weighted by atomic mass is 19.4. The number of halogens is 5. The second-order valence-corrected chi connectivity index (χ2v) is 3.08. The molecule has 0 rings (SSSR count). The molecule has 0 saturated carbocycles. The average molecular weight is 250 g/mol. The fourth-order valence-corrected chi connectivity index (χ4v) is 0.513. The highest BCUT2D eigenvalue weighted by molar-refractivity contribution is 5.60. The Morgan fingerprint density at radius 3 is 2.12 bits per heavy atom. The molecule has 8 heteroatoms. The third-order valence-electron chi connectivity index (χ3n) is 1.66. The summed E-state index contributed by atoms with van der Waals surface area (Å²) in [6, 6.07) is 0. The first-order chi connectivity index (χ1) is 7.10. The minimum Gasteiger partial charge on any atom is -0.431 e. The summed E-state index contributed by atoms with van der Waals surface area (Å²) in [5, 5.41) is 0. The van der Waals surface area contributed by atoms with Crippen LogP contribution in [0.1, 0.15) is 20.3 Å². The molecule has 0 saturated heterocycles. The molecule has 0 aliphatic carbocycles. The second kappa shape index (κ2) is 5.31. The third-order valence-corrected chi connectivity index (χ3v) is 1.66. The highest BCUT2D eigenvalue weighted by Gasteiger charge is 2.58. The molecule has 1 atom stereocenters. The Morgan fingerprint density at radius 1 is 1.25 bits per heavy atom. The Labute approximate surface area is 88.5 Å². The van der Waals surface area contributed by atoms with E-state index >= 15 is 0 Å². The predicted molar refractivity (Wildman–Crippen MR) is 43.2 cm³/mol. The lowest BCUT2D eigenvalue weighted by Gasteiger charge is -2.19. The number of rotatable bonds is 4. The fourth-order valence-electron chi connectivity index (χ4n) is 0.513. The van der Waals surface area contributed by atoms with Gasteiger partial charge in [0.25, 0.3) is 0 Å². The predicted octanol–water partition coefficient (Wildman–Crippen LogP) is 3.14. The normalized spacial score (nSPS) is 14.4. The molecule has 0 aliphatic rings. The first kappa shape index (κ1) is 14.9. The van der Waals surface area contributed by atoms with Crippen LogP contribution in [-0.4, -0.2) is 31.0 Å². The Morgan fingerprint density at radius 2 is 1.75 bits per heavy atom. The van der Waals surface area contributed by atoms with Crippen LogP contribution in [0.2, 0.25) is 0 Å². The molecule has 96 valence electrons. The fraction of sp³-hybridized carbons (Fsp3) is 0.875. The van der Waals surface area contributed by atoms with Crippen molar-refractivity contribution in [3.63, 3.8) is 0 Å². The smallest absolute Gasteiger partial charge is 0.431 e. The van der Waals surface area contributed by atoms with Crippen LogP contribution in [0.5, 0.6) is 0 Å². The third kappa shape index (κ3) is 4.63. The van der Waals surface area contributed by atoms with E-state index < -0.39 is 31.0 Å². The molecule has 0 unspecified atom stereocenters. The molecule has 0 spiro atoms. The monoisotopic (exact) mass is 250 g/mol. The van der Waals surface area contributed by atoms with Crippen molar-refractivity contribution in [1.82, 2.24) is 0 Å². The van der Waals surface area contributed by atoms with Crippen molar-refractivity contribution in [3.05, 3.63) is 0 Å². The van der Waals surface area contributed by atoms with Gasteiger partial charge in [-0.3, -0.25) is 0 Å². The number of carbonyl (C=O) groups is 1. The molecule has 0 heterocycles. The van der Waals surface area contributed by atoms with Crippen LogP contribution in [0.25, 0.3) is 0 Å². The van der Waals surface area contributed by atoms with E-state index in [1.807, 2.05) is 0 Å². The molecule has 16 heavy (non-hydrogen) atoms. The SMILES string of the molecule is CC[C@H](C)OC(=O)OCC(F)(F)C(F)(F)F. The van der Waals surface area contributed by atoms with E-state index in [-0.39, 0.29) is 0 Å². The zero-order valence-electron chi connectivity index (χ0n) is 8.61. The van der Waals surface area contributed by atoms with E-state index in [9.17, 15) is 26.7 Å². The van der Waals surface area contributed by atoms with Gasteiger partial charge in [0, 0.05) is 0 Å². The van der Waals surface area contributed by atoms with Crippen LogP contribution in [0.4, 0.5) is 26.7 Å². The van der Waals surface area contributed by atoms with Gasteiger partial charge in [0.2, 0.25) is 0 Å². The first-order valence-corrected chi connectivity index (χ1v) is 4.38. The summed E-state index contributed by atoms with van der Waals surface area (Å²) < 4.78 is 67.4. The maximum atomic E-state index is 12.3. The summed E-state index contributed by atoms with van der Waals surface area (Å²) in [5.74, 6) is -5.07. The van der Waals surface area contributed by atoms with Crippen molar-refractivity contribution in [1.29, 1.82) is 0 Å². The van der Waals surface area contributed by atoms with Crippen LogP contribution < -0.4 is 0 Å². The van der Waals surface area contributed by atoms with Gasteiger partial charge in [0.05, 0.1) is 0 Å². The average Bonchev–Trinajstić information content (AvgIpc) is 2.13. The van der Waals surface area contributed by atoms with Gasteiger partial charge < -0.3 is 9.47 Å². The Bertz CT molecular complexity index is 238. The largest absolute Gasteiger partial charge is 0.508 e. The summed E-state index contributed by atoms with van der Waals surface area (Å²) in [4.78, 5) is 10.6. The Hall–Kier alpha value is -1.08. The molecule has 0 fully saturated rings. The molecule has 0 aromatic carbocycles. The quantitative estimate of drug-likeness (QED) is 0.568. The zero-order chi connectivity index (χ0) is 13.0. The summed E-state index contributed by atoms with van der Waals surface area (Å²) >= 11 is 0. The minimum atomic E-state index is -5.75. The maximum Gasteiger partial charge on any atom is 0.508 e. The summed E-state index contributed by atoms with van der Waals surface area (Å²) in [5.41, 5.74) is 0. The van der Waals surface area contributed by atoms with E-state index in [4.69, 9.17) is 0 Å². The molecule has 0 aliphatic heterocycles. The van der Waals surface area contributed by atoms with E-state index in [2.05, 4.69) is 9.47 Å². The molecular formula is C8H11F5O3. The van der Waals surface area contributed by atoms with Crippen molar-refractivity contribution in [3.8, 4) is 0 Å². The molecule has 0 aromatic rings. The van der Waals surface area contributed by atoms with Crippen LogP contribution in [-0.2, 0) is 9.47 Å². The van der Waals surface area contributed by atoms with Crippen LogP contribution in [0.15, 0.2) is 0 Å². The van der Waals surface area contributed by atoms with Gasteiger partial charge in [0.15, 0.2) is 6.61 Å². The highest BCUT2D eigenvalue weighted by Crippen LogP contribution is 2.35. The maximum absolute atomic E-state index is 12.3.